The van der Waals surface area contributed by atoms with Gasteiger partial charge in [-0.2, -0.15) is 0 Å². The van der Waals surface area contributed by atoms with Crippen molar-refractivity contribution in [3.8, 4) is 0 Å². The predicted octanol–water partition coefficient (Wildman–Crippen LogP) is 1.93. The molecule has 1 saturated carbocycles. The molecule has 2 rings (SSSR count). The molecule has 0 aromatic heterocycles. The van der Waals surface area contributed by atoms with Crippen LogP contribution in [0.1, 0.15) is 19.3 Å². The molecule has 2 aliphatic carbocycles. The molecule has 0 saturated heterocycles. The number of hydrogen-bond acceptors (Lipinski definition) is 2. The summed E-state index contributed by atoms with van der Waals surface area (Å²) in [5, 5.41) is 9.33. The maximum Gasteiger partial charge on any atom is 0.307 e. The van der Waals surface area contributed by atoms with Gasteiger partial charge in [0, 0.05) is 13.6 Å². The number of rotatable bonds is 6. The molecule has 1 N–H and O–H groups in total. The van der Waals surface area contributed by atoms with Crippen molar-refractivity contribution in [2.45, 2.75) is 19.3 Å². The van der Waals surface area contributed by atoms with Crippen molar-refractivity contribution in [2.24, 2.45) is 23.7 Å². The van der Waals surface area contributed by atoms with E-state index < -0.39 is 11.9 Å². The van der Waals surface area contributed by atoms with Crippen LogP contribution in [0, 0.1) is 23.7 Å². The van der Waals surface area contributed by atoms with Gasteiger partial charge >= 0.3 is 5.97 Å². The molecule has 1 fully saturated rings. The summed E-state index contributed by atoms with van der Waals surface area (Å²) in [6, 6.07) is 0. The van der Waals surface area contributed by atoms with Gasteiger partial charge < -0.3 is 10.0 Å². The third-order valence-corrected chi connectivity index (χ3v) is 4.31. The van der Waals surface area contributed by atoms with Gasteiger partial charge in [0.05, 0.1) is 11.8 Å². The van der Waals surface area contributed by atoms with Crippen LogP contribution in [0.15, 0.2) is 24.8 Å². The number of allylic oxidation sites excluding steroid dienone is 3. The lowest BCUT2D eigenvalue weighted by molar-refractivity contribution is -0.150. The highest BCUT2D eigenvalue weighted by Crippen LogP contribution is 2.48. The van der Waals surface area contributed by atoms with E-state index in [-0.39, 0.29) is 23.7 Å². The number of carboxylic acid groups (broad SMARTS) is 1. The summed E-state index contributed by atoms with van der Waals surface area (Å²) in [6.45, 7) is 4.32. The van der Waals surface area contributed by atoms with Crippen LogP contribution in [-0.2, 0) is 9.59 Å². The van der Waals surface area contributed by atoms with Crippen molar-refractivity contribution in [1.82, 2.24) is 4.90 Å². The number of unbranched alkanes of at least 4 members (excludes halogenated alkanes) is 1. The highest BCUT2D eigenvalue weighted by atomic mass is 16.4. The van der Waals surface area contributed by atoms with Gasteiger partial charge in [-0.15, -0.1) is 6.58 Å². The van der Waals surface area contributed by atoms with Crippen molar-refractivity contribution in [3.63, 3.8) is 0 Å². The number of carbonyl (C=O) groups is 2. The molecule has 0 aliphatic heterocycles. The Morgan fingerprint density at radius 2 is 2.00 bits per heavy atom. The normalized spacial score (nSPS) is 31.4. The monoisotopic (exact) mass is 263 g/mol. The second kappa shape index (κ2) is 5.59. The van der Waals surface area contributed by atoms with E-state index >= 15 is 0 Å². The summed E-state index contributed by atoms with van der Waals surface area (Å²) in [6.07, 6.45) is 8.37. The molecule has 0 spiro atoms. The maximum atomic E-state index is 12.4. The Bertz CT molecular complexity index is 416. The highest BCUT2D eigenvalue weighted by Gasteiger charge is 2.52. The molecule has 2 unspecified atom stereocenters. The summed E-state index contributed by atoms with van der Waals surface area (Å²) in [5.74, 6) is -1.62. The van der Waals surface area contributed by atoms with Crippen LogP contribution < -0.4 is 0 Å². The summed E-state index contributed by atoms with van der Waals surface area (Å²) in [4.78, 5) is 25.5. The molecule has 0 aromatic carbocycles. The SMILES string of the molecule is C=CCCCN(C)C(=O)[C@H]1C2C=CC(C2)[C@H]1C(=O)O. The Morgan fingerprint density at radius 1 is 1.37 bits per heavy atom. The Labute approximate surface area is 113 Å². The maximum absolute atomic E-state index is 12.4. The molecule has 19 heavy (non-hydrogen) atoms. The van der Waals surface area contributed by atoms with Gasteiger partial charge in [0.1, 0.15) is 0 Å². The van der Waals surface area contributed by atoms with Crippen molar-refractivity contribution in [3.05, 3.63) is 24.8 Å². The summed E-state index contributed by atoms with van der Waals surface area (Å²) in [5.41, 5.74) is 0. The number of hydrogen-bond donors (Lipinski definition) is 1. The largest absolute Gasteiger partial charge is 0.481 e. The lowest BCUT2D eigenvalue weighted by Crippen LogP contribution is -2.41. The minimum atomic E-state index is -0.838. The first-order chi connectivity index (χ1) is 9.06. The van der Waals surface area contributed by atoms with E-state index in [1.165, 1.54) is 0 Å². The third kappa shape index (κ3) is 2.57. The molecule has 104 valence electrons. The fourth-order valence-corrected chi connectivity index (χ4v) is 3.33. The molecule has 4 nitrogen and oxygen atoms in total. The van der Waals surface area contributed by atoms with E-state index in [9.17, 15) is 14.7 Å². The van der Waals surface area contributed by atoms with Crippen LogP contribution in [0.5, 0.6) is 0 Å². The Morgan fingerprint density at radius 3 is 2.58 bits per heavy atom. The number of fused-ring (bicyclic) bond motifs is 2. The summed E-state index contributed by atoms with van der Waals surface area (Å²) < 4.78 is 0. The first-order valence-corrected chi connectivity index (χ1v) is 6.83. The van der Waals surface area contributed by atoms with E-state index in [0.717, 1.165) is 19.3 Å². The zero-order valence-electron chi connectivity index (χ0n) is 11.3. The number of amides is 1. The van der Waals surface area contributed by atoms with Gasteiger partial charge in [0.2, 0.25) is 5.91 Å². The highest BCUT2D eigenvalue weighted by molar-refractivity contribution is 5.86. The van der Waals surface area contributed by atoms with Crippen molar-refractivity contribution in [2.75, 3.05) is 13.6 Å². The van der Waals surface area contributed by atoms with Crippen LogP contribution in [0.3, 0.4) is 0 Å². The molecular weight excluding hydrogens is 242 g/mol. The van der Waals surface area contributed by atoms with Crippen molar-refractivity contribution in [1.29, 1.82) is 0 Å². The van der Waals surface area contributed by atoms with Crippen molar-refractivity contribution < 1.29 is 14.7 Å². The summed E-state index contributed by atoms with van der Waals surface area (Å²) >= 11 is 0. The topological polar surface area (TPSA) is 57.6 Å². The predicted molar refractivity (Wildman–Crippen MR) is 72.4 cm³/mol. The lowest BCUT2D eigenvalue weighted by atomic mass is 9.82. The average Bonchev–Trinajstić information content (AvgIpc) is 2.97. The van der Waals surface area contributed by atoms with Crippen LogP contribution >= 0.6 is 0 Å². The molecule has 0 radical (unpaired) electrons. The van der Waals surface area contributed by atoms with Gasteiger partial charge in [-0.05, 0) is 31.1 Å². The second-order valence-corrected chi connectivity index (χ2v) is 5.53. The molecule has 4 atom stereocenters. The quantitative estimate of drug-likeness (QED) is 0.588. The Balaban J connectivity index is 2.03. The number of nitrogens with zero attached hydrogens (tertiary/aromatic N) is 1. The van der Waals surface area contributed by atoms with Crippen molar-refractivity contribution >= 4 is 11.9 Å². The summed E-state index contributed by atoms with van der Waals surface area (Å²) in [7, 11) is 1.76. The van der Waals surface area contributed by atoms with Gasteiger partial charge in [-0.3, -0.25) is 9.59 Å². The lowest BCUT2D eigenvalue weighted by Gasteiger charge is -2.28. The zero-order chi connectivity index (χ0) is 14.0. The van der Waals surface area contributed by atoms with Gasteiger partial charge in [-0.25, -0.2) is 0 Å². The van der Waals surface area contributed by atoms with E-state index in [1.54, 1.807) is 11.9 Å². The molecule has 0 heterocycles. The Hall–Kier alpha value is -1.58. The fourth-order valence-electron chi connectivity index (χ4n) is 3.33. The minimum absolute atomic E-state index is 0.0201. The second-order valence-electron chi connectivity index (χ2n) is 5.53. The zero-order valence-corrected chi connectivity index (χ0v) is 11.3. The number of carboxylic acids is 1. The first-order valence-electron chi connectivity index (χ1n) is 6.83. The molecule has 2 aliphatic rings. The molecule has 0 aromatic rings. The minimum Gasteiger partial charge on any atom is -0.481 e. The molecule has 1 amide bonds. The standard InChI is InChI=1S/C15H21NO3/c1-3-4-5-8-16(2)14(17)12-10-6-7-11(9-10)13(12)15(18)19/h3,6-7,10-13H,1,4-5,8-9H2,2H3,(H,18,19)/t10?,11?,12-,13+/m0/s1. The van der Waals surface area contributed by atoms with E-state index in [0.29, 0.717) is 6.54 Å². The smallest absolute Gasteiger partial charge is 0.307 e. The van der Waals surface area contributed by atoms with Crippen LogP contribution in [0.25, 0.3) is 0 Å². The van der Waals surface area contributed by atoms with Gasteiger partial charge in [0.15, 0.2) is 0 Å². The number of aliphatic carboxylic acids is 1. The molecule has 4 heteroatoms. The number of carbonyl (C=O) groups excluding carboxylic acids is 1. The van der Waals surface area contributed by atoms with E-state index in [4.69, 9.17) is 0 Å². The van der Waals surface area contributed by atoms with Gasteiger partial charge in [-0.1, -0.05) is 18.2 Å². The van der Waals surface area contributed by atoms with Crippen LogP contribution in [0.4, 0.5) is 0 Å². The van der Waals surface area contributed by atoms with Crippen LogP contribution in [0.2, 0.25) is 0 Å². The third-order valence-electron chi connectivity index (χ3n) is 4.31. The van der Waals surface area contributed by atoms with E-state index in [1.807, 2.05) is 18.2 Å². The Kier molecular flexibility index (Phi) is 4.08. The average molecular weight is 263 g/mol. The fraction of sp³-hybridized carbons (Fsp3) is 0.600. The molecular formula is C15H21NO3. The first kappa shape index (κ1) is 13.8. The molecule has 2 bridgehead atoms. The van der Waals surface area contributed by atoms with E-state index in [2.05, 4.69) is 6.58 Å². The van der Waals surface area contributed by atoms with Gasteiger partial charge in [0.25, 0.3) is 0 Å². The van der Waals surface area contributed by atoms with Crippen LogP contribution in [-0.4, -0.2) is 35.5 Å².